The molecule has 0 spiro atoms. The van der Waals surface area contributed by atoms with Crippen molar-refractivity contribution in [1.29, 1.82) is 0 Å². The molecule has 1 N–H and O–H groups in total. The Hall–Kier alpha value is -2.32. The fourth-order valence-electron chi connectivity index (χ4n) is 4.67. The molecule has 0 saturated heterocycles. The van der Waals surface area contributed by atoms with Crippen LogP contribution < -0.4 is 10.2 Å². The number of fused-ring (bicyclic) bond motifs is 1. The first-order valence-corrected chi connectivity index (χ1v) is 11.6. The van der Waals surface area contributed by atoms with Crippen LogP contribution in [0.25, 0.3) is 0 Å². The average Bonchev–Trinajstić information content (AvgIpc) is 2.94. The van der Waals surface area contributed by atoms with E-state index in [-0.39, 0.29) is 22.5 Å². The molecular weight excluding hydrogens is 495 g/mol. The fourth-order valence-corrected chi connectivity index (χ4v) is 5.04. The number of halogens is 6. The molecule has 2 aromatic rings. The molecule has 0 bridgehead atoms. The molecule has 10 heteroatoms. The molecule has 1 heterocycles. The van der Waals surface area contributed by atoms with Crippen LogP contribution in [0.1, 0.15) is 54.1 Å². The Balaban J connectivity index is 1.38. The lowest BCUT2D eigenvalue weighted by Crippen LogP contribution is -2.42. The van der Waals surface area contributed by atoms with E-state index < -0.39 is 29.2 Å². The van der Waals surface area contributed by atoms with Gasteiger partial charge in [-0.2, -0.15) is 13.2 Å². The maximum atomic E-state index is 15.1. The van der Waals surface area contributed by atoms with Crippen molar-refractivity contribution >= 4 is 40.7 Å². The second-order valence-electron chi connectivity index (χ2n) is 8.96. The minimum Gasteiger partial charge on any atom is -0.349 e. The number of carbonyl (C=O) groups is 2. The summed E-state index contributed by atoms with van der Waals surface area (Å²) in [5.41, 5.74) is -2.52. The monoisotopic (exact) mass is 516 g/mol. The minimum atomic E-state index is -4.58. The highest BCUT2D eigenvalue weighted by molar-refractivity contribution is 6.33. The van der Waals surface area contributed by atoms with Crippen molar-refractivity contribution in [1.82, 2.24) is 5.32 Å². The summed E-state index contributed by atoms with van der Waals surface area (Å²) in [7, 11) is 0. The highest BCUT2D eigenvalue weighted by Gasteiger charge is 2.48. The van der Waals surface area contributed by atoms with Crippen LogP contribution in [0, 0.1) is 5.92 Å². The van der Waals surface area contributed by atoms with Gasteiger partial charge >= 0.3 is 6.18 Å². The van der Waals surface area contributed by atoms with Crippen LogP contribution in [0.15, 0.2) is 36.4 Å². The predicted octanol–water partition coefficient (Wildman–Crippen LogP) is 6.53. The molecule has 4 rings (SSSR count). The van der Waals surface area contributed by atoms with E-state index in [4.69, 9.17) is 23.2 Å². The van der Waals surface area contributed by atoms with E-state index in [1.165, 1.54) is 17.9 Å². The van der Waals surface area contributed by atoms with E-state index >= 15 is 4.39 Å². The van der Waals surface area contributed by atoms with Gasteiger partial charge in [-0.25, -0.2) is 4.39 Å². The van der Waals surface area contributed by atoms with Crippen LogP contribution in [-0.2, 0) is 16.6 Å². The number of hydrogen-bond acceptors (Lipinski definition) is 2. The normalized spacial score (nSPS) is 24.8. The lowest BCUT2D eigenvalue weighted by Gasteiger charge is -2.32. The van der Waals surface area contributed by atoms with E-state index in [9.17, 15) is 22.8 Å². The molecular formula is C24H22Cl2F4N2O2. The zero-order chi connectivity index (χ0) is 24.8. The third-order valence-corrected chi connectivity index (χ3v) is 7.13. The van der Waals surface area contributed by atoms with E-state index in [0.29, 0.717) is 48.5 Å². The Bertz CT molecular complexity index is 1130. The number of carbonyl (C=O) groups excluding carboxylic acids is 2. The molecule has 0 unspecified atom stereocenters. The van der Waals surface area contributed by atoms with Gasteiger partial charge in [0.05, 0.1) is 21.8 Å². The van der Waals surface area contributed by atoms with Crippen molar-refractivity contribution in [2.24, 2.45) is 5.92 Å². The first-order valence-electron chi connectivity index (χ1n) is 10.9. The fraction of sp³-hybridized carbons (Fsp3) is 0.417. The molecule has 1 atom stereocenters. The molecule has 2 aromatic carbocycles. The standard InChI is InChI=1S/C24H22Cl2F4N2O2/c1-23(27)18-8-5-15(25)11-20(18)32(22(23)34)12-13-2-6-16(7-3-13)31-21(33)17-10-14(24(28,29)30)4-9-19(17)26/h4-5,8-11,13,16H,2-3,6-7,12H2,1H3,(H,31,33)/t13?,16?,23-/m0/s1. The van der Waals surface area contributed by atoms with Gasteiger partial charge in [-0.3, -0.25) is 9.59 Å². The summed E-state index contributed by atoms with van der Waals surface area (Å²) in [6, 6.07) is 7.07. The van der Waals surface area contributed by atoms with E-state index in [1.807, 2.05) is 0 Å². The SMILES string of the molecule is C[C@@]1(F)C(=O)N(CC2CCC(NC(=O)c3cc(C(F)(F)F)ccc3Cl)CC2)c2cc(Cl)ccc21. The van der Waals surface area contributed by atoms with Gasteiger partial charge in [0.1, 0.15) is 0 Å². The van der Waals surface area contributed by atoms with Crippen molar-refractivity contribution in [3.8, 4) is 0 Å². The second kappa shape index (κ2) is 9.04. The predicted molar refractivity (Wildman–Crippen MR) is 122 cm³/mol. The number of rotatable bonds is 4. The van der Waals surface area contributed by atoms with Gasteiger partial charge in [-0.05, 0) is 68.9 Å². The van der Waals surface area contributed by atoms with Gasteiger partial charge < -0.3 is 10.2 Å². The Morgan fingerprint density at radius 2 is 1.79 bits per heavy atom. The Morgan fingerprint density at radius 3 is 2.44 bits per heavy atom. The third kappa shape index (κ3) is 4.75. The summed E-state index contributed by atoms with van der Waals surface area (Å²) in [5.74, 6) is -1.21. The third-order valence-electron chi connectivity index (χ3n) is 6.56. The van der Waals surface area contributed by atoms with Crippen LogP contribution in [0.2, 0.25) is 10.0 Å². The summed E-state index contributed by atoms with van der Waals surface area (Å²) < 4.78 is 54.0. The summed E-state index contributed by atoms with van der Waals surface area (Å²) in [5, 5.41) is 3.12. The van der Waals surface area contributed by atoms with E-state index in [2.05, 4.69) is 5.32 Å². The second-order valence-corrected chi connectivity index (χ2v) is 9.81. The van der Waals surface area contributed by atoms with E-state index in [0.717, 1.165) is 18.2 Å². The Labute approximate surface area is 204 Å². The number of benzene rings is 2. The van der Waals surface area contributed by atoms with Crippen LogP contribution in [0.3, 0.4) is 0 Å². The first kappa shape index (κ1) is 24.8. The van der Waals surface area contributed by atoms with Crippen LogP contribution >= 0.6 is 23.2 Å². The molecule has 1 aliphatic heterocycles. The van der Waals surface area contributed by atoms with Crippen LogP contribution in [-0.4, -0.2) is 24.4 Å². The number of alkyl halides is 4. The van der Waals surface area contributed by atoms with Gasteiger partial charge in [0.25, 0.3) is 11.8 Å². The summed E-state index contributed by atoms with van der Waals surface area (Å²) in [4.78, 5) is 26.7. The highest BCUT2D eigenvalue weighted by Crippen LogP contribution is 2.45. The zero-order valence-electron chi connectivity index (χ0n) is 18.2. The molecule has 1 aliphatic carbocycles. The smallest absolute Gasteiger partial charge is 0.349 e. The Morgan fingerprint density at radius 1 is 1.12 bits per heavy atom. The summed E-state index contributed by atoms with van der Waals surface area (Å²) in [6.07, 6.45) is -2.12. The molecule has 2 amide bonds. The average molecular weight is 517 g/mol. The lowest BCUT2D eigenvalue weighted by atomic mass is 9.85. The lowest BCUT2D eigenvalue weighted by molar-refractivity contribution is -0.137. The Kier molecular flexibility index (Phi) is 6.59. The molecule has 0 aromatic heterocycles. The maximum Gasteiger partial charge on any atom is 0.416 e. The molecule has 2 aliphatic rings. The molecule has 34 heavy (non-hydrogen) atoms. The van der Waals surface area contributed by atoms with Crippen LogP contribution in [0.4, 0.5) is 23.2 Å². The van der Waals surface area contributed by atoms with Gasteiger partial charge in [-0.15, -0.1) is 0 Å². The van der Waals surface area contributed by atoms with Gasteiger partial charge in [0.2, 0.25) is 5.67 Å². The van der Waals surface area contributed by atoms with E-state index in [1.54, 1.807) is 12.1 Å². The molecule has 4 nitrogen and oxygen atoms in total. The number of nitrogens with zero attached hydrogens (tertiary/aromatic N) is 1. The number of hydrogen-bond donors (Lipinski definition) is 1. The van der Waals surface area contributed by atoms with Crippen molar-refractivity contribution in [3.63, 3.8) is 0 Å². The number of nitrogens with one attached hydrogen (secondary N) is 1. The zero-order valence-corrected chi connectivity index (χ0v) is 19.7. The first-order chi connectivity index (χ1) is 15.9. The van der Waals surface area contributed by atoms with Crippen molar-refractivity contribution in [3.05, 3.63) is 63.1 Å². The van der Waals surface area contributed by atoms with Crippen molar-refractivity contribution < 1.29 is 27.2 Å². The number of amides is 2. The molecule has 182 valence electrons. The van der Waals surface area contributed by atoms with Crippen LogP contribution in [0.5, 0.6) is 0 Å². The van der Waals surface area contributed by atoms with Gasteiger partial charge in [-0.1, -0.05) is 29.3 Å². The van der Waals surface area contributed by atoms with Gasteiger partial charge in [0, 0.05) is 23.2 Å². The molecule has 1 fully saturated rings. The van der Waals surface area contributed by atoms with Gasteiger partial charge in [0.15, 0.2) is 0 Å². The highest BCUT2D eigenvalue weighted by atomic mass is 35.5. The molecule has 0 radical (unpaired) electrons. The molecule has 1 saturated carbocycles. The maximum absolute atomic E-state index is 15.1. The quantitative estimate of drug-likeness (QED) is 0.469. The summed E-state index contributed by atoms with van der Waals surface area (Å²) >= 11 is 12.0. The largest absolute Gasteiger partial charge is 0.416 e. The topological polar surface area (TPSA) is 49.4 Å². The van der Waals surface area contributed by atoms with Crippen molar-refractivity contribution in [2.45, 2.75) is 50.5 Å². The minimum absolute atomic E-state index is 0.0571. The summed E-state index contributed by atoms with van der Waals surface area (Å²) in [6.45, 7) is 1.57. The van der Waals surface area contributed by atoms with Crippen molar-refractivity contribution in [2.75, 3.05) is 11.4 Å². The number of anilines is 1.